The number of hydrogen-bond donors (Lipinski definition) is 1. The van der Waals surface area contributed by atoms with Crippen LogP contribution in [0.4, 0.5) is 0 Å². The Bertz CT molecular complexity index is 914. The number of carbonyl (C=O) groups excluding carboxylic acids is 1. The first-order valence-corrected chi connectivity index (χ1v) is 9.70. The zero-order valence-electron chi connectivity index (χ0n) is 16.2. The van der Waals surface area contributed by atoms with Crippen molar-refractivity contribution in [2.45, 2.75) is 43.5 Å². The summed E-state index contributed by atoms with van der Waals surface area (Å²) in [5, 5.41) is 9.17. The largest absolute Gasteiger partial charge is 0.478 e. The third-order valence-corrected chi connectivity index (χ3v) is 6.00. The number of aliphatic imine (C=N–C) groups is 1. The molecule has 7 nitrogen and oxygen atoms in total. The summed E-state index contributed by atoms with van der Waals surface area (Å²) < 4.78 is 12.2. The van der Waals surface area contributed by atoms with Crippen molar-refractivity contribution in [3.63, 3.8) is 0 Å². The molecule has 1 fully saturated rings. The van der Waals surface area contributed by atoms with Gasteiger partial charge in [-0.3, -0.25) is 4.79 Å². The van der Waals surface area contributed by atoms with E-state index in [9.17, 15) is 9.59 Å². The fourth-order valence-electron chi connectivity index (χ4n) is 4.39. The monoisotopic (exact) mass is 396 g/mol. The highest BCUT2D eigenvalue weighted by atomic mass is 16.5. The number of carboxylic acid groups (broad SMARTS) is 1. The highest BCUT2D eigenvalue weighted by Gasteiger charge is 2.50. The highest BCUT2D eigenvalue weighted by Crippen LogP contribution is 2.44. The topological polar surface area (TPSA) is 88.4 Å². The van der Waals surface area contributed by atoms with Gasteiger partial charge in [0.25, 0.3) is 11.9 Å². The SMILES string of the molecule is C=CCC1(CC(=C)C(=O)O)OC(N2CCC3(CC2)OCc2ccccc23)=NC1=O. The Balaban J connectivity index is 1.48. The lowest BCUT2D eigenvalue weighted by molar-refractivity contribution is -0.135. The normalized spacial score (nSPS) is 24.8. The van der Waals surface area contributed by atoms with Crippen molar-refractivity contribution in [2.24, 2.45) is 4.99 Å². The smallest absolute Gasteiger partial charge is 0.331 e. The number of amides is 1. The molecular formula is C22H24N2O5. The lowest BCUT2D eigenvalue weighted by atomic mass is 9.84. The first kappa shape index (κ1) is 19.4. The van der Waals surface area contributed by atoms with E-state index in [0.717, 1.165) is 12.8 Å². The van der Waals surface area contributed by atoms with Gasteiger partial charge in [-0.25, -0.2) is 4.79 Å². The minimum atomic E-state index is -1.38. The van der Waals surface area contributed by atoms with Crippen molar-refractivity contribution in [1.29, 1.82) is 0 Å². The molecule has 1 aromatic rings. The molecule has 3 heterocycles. The molecule has 3 aliphatic heterocycles. The van der Waals surface area contributed by atoms with E-state index in [1.807, 2.05) is 17.0 Å². The summed E-state index contributed by atoms with van der Waals surface area (Å²) >= 11 is 0. The third-order valence-electron chi connectivity index (χ3n) is 6.00. The minimum absolute atomic E-state index is 0.0924. The number of fused-ring (bicyclic) bond motifs is 2. The van der Waals surface area contributed by atoms with Gasteiger partial charge in [-0.05, 0) is 24.0 Å². The number of carboxylic acids is 1. The predicted molar refractivity (Wildman–Crippen MR) is 106 cm³/mol. The molecule has 29 heavy (non-hydrogen) atoms. The molecule has 1 atom stereocenters. The number of amidine groups is 1. The molecule has 1 spiro atoms. The molecule has 0 radical (unpaired) electrons. The van der Waals surface area contributed by atoms with Crippen LogP contribution in [0.1, 0.15) is 36.8 Å². The summed E-state index contributed by atoms with van der Waals surface area (Å²) in [6, 6.07) is 8.52. The first-order chi connectivity index (χ1) is 13.9. The number of likely N-dealkylation sites (tertiary alicyclic amines) is 1. The van der Waals surface area contributed by atoms with Gasteiger partial charge in [-0.15, -0.1) is 6.58 Å². The Morgan fingerprint density at radius 1 is 1.31 bits per heavy atom. The van der Waals surface area contributed by atoms with Crippen molar-refractivity contribution < 1.29 is 24.2 Å². The molecule has 7 heteroatoms. The van der Waals surface area contributed by atoms with Crippen LogP contribution in [-0.4, -0.2) is 46.6 Å². The summed E-state index contributed by atoms with van der Waals surface area (Å²) in [7, 11) is 0. The number of hydrogen-bond acceptors (Lipinski definition) is 5. The van der Waals surface area contributed by atoms with Crippen LogP contribution in [-0.2, 0) is 31.3 Å². The molecular weight excluding hydrogens is 372 g/mol. The Hall–Kier alpha value is -2.93. The predicted octanol–water partition coefficient (Wildman–Crippen LogP) is 2.77. The van der Waals surface area contributed by atoms with E-state index >= 15 is 0 Å². The van der Waals surface area contributed by atoms with E-state index in [0.29, 0.717) is 19.7 Å². The number of aliphatic carboxylic acids is 1. The van der Waals surface area contributed by atoms with Crippen LogP contribution in [0.3, 0.4) is 0 Å². The average Bonchev–Trinajstić information content (AvgIpc) is 3.22. The van der Waals surface area contributed by atoms with E-state index in [4.69, 9.17) is 14.6 Å². The van der Waals surface area contributed by atoms with E-state index in [1.54, 1.807) is 6.08 Å². The fraction of sp³-hybridized carbons (Fsp3) is 0.409. The zero-order chi connectivity index (χ0) is 20.6. The summed E-state index contributed by atoms with van der Waals surface area (Å²) in [6.07, 6.45) is 3.10. The molecule has 0 aromatic heterocycles. The molecule has 4 rings (SSSR count). The zero-order valence-corrected chi connectivity index (χ0v) is 16.2. The summed E-state index contributed by atoms with van der Waals surface area (Å²) in [6.45, 7) is 9.09. The number of piperidine rings is 1. The quantitative estimate of drug-likeness (QED) is 0.608. The standard InChI is InChI=1S/C22H24N2O5/c1-3-8-22(13-15(2)18(25)26)19(27)23-20(29-22)24-11-9-21(10-12-24)17-7-5-4-6-16(17)14-28-21/h3-7H,1-2,8-14H2,(H,25,26). The summed E-state index contributed by atoms with van der Waals surface area (Å²) in [5.74, 6) is -1.65. The van der Waals surface area contributed by atoms with E-state index in [2.05, 4.69) is 30.3 Å². The minimum Gasteiger partial charge on any atom is -0.478 e. The maximum absolute atomic E-state index is 12.7. The van der Waals surface area contributed by atoms with E-state index in [-0.39, 0.29) is 30.0 Å². The molecule has 1 N–H and O–H groups in total. The number of nitrogens with zero attached hydrogens (tertiary/aromatic N) is 2. The van der Waals surface area contributed by atoms with Gasteiger partial charge in [0, 0.05) is 31.5 Å². The molecule has 1 saturated heterocycles. The molecule has 152 valence electrons. The van der Waals surface area contributed by atoms with Crippen LogP contribution in [0.25, 0.3) is 0 Å². The maximum atomic E-state index is 12.7. The van der Waals surface area contributed by atoms with Crippen molar-refractivity contribution in [2.75, 3.05) is 13.1 Å². The van der Waals surface area contributed by atoms with Gasteiger partial charge in [-0.1, -0.05) is 36.9 Å². The van der Waals surface area contributed by atoms with Crippen LogP contribution in [0.15, 0.2) is 54.1 Å². The molecule has 3 aliphatic rings. The van der Waals surface area contributed by atoms with Gasteiger partial charge in [-0.2, -0.15) is 4.99 Å². The second-order valence-electron chi connectivity index (χ2n) is 7.80. The highest BCUT2D eigenvalue weighted by molar-refractivity contribution is 6.02. The van der Waals surface area contributed by atoms with Gasteiger partial charge in [0.15, 0.2) is 5.60 Å². The molecule has 1 unspecified atom stereocenters. The maximum Gasteiger partial charge on any atom is 0.331 e. The molecule has 1 amide bonds. The van der Waals surface area contributed by atoms with Gasteiger partial charge < -0.3 is 19.5 Å². The van der Waals surface area contributed by atoms with Gasteiger partial charge in [0.05, 0.1) is 12.2 Å². The number of carbonyl (C=O) groups is 2. The second-order valence-corrected chi connectivity index (χ2v) is 7.80. The van der Waals surface area contributed by atoms with Crippen molar-refractivity contribution >= 4 is 17.9 Å². The molecule has 0 saturated carbocycles. The lowest BCUT2D eigenvalue weighted by Gasteiger charge is -2.40. The summed E-state index contributed by atoms with van der Waals surface area (Å²) in [5.41, 5.74) is 0.696. The Kier molecular flexibility index (Phi) is 4.78. The molecule has 0 aliphatic carbocycles. The Morgan fingerprint density at radius 3 is 2.72 bits per heavy atom. The van der Waals surface area contributed by atoms with Gasteiger partial charge in [0.1, 0.15) is 0 Å². The molecule has 0 bridgehead atoms. The van der Waals surface area contributed by atoms with Crippen LogP contribution < -0.4 is 0 Å². The van der Waals surface area contributed by atoms with E-state index in [1.165, 1.54) is 11.1 Å². The molecule has 1 aromatic carbocycles. The second kappa shape index (κ2) is 7.15. The number of ether oxygens (including phenoxy) is 2. The van der Waals surface area contributed by atoms with Crippen LogP contribution in [0, 0.1) is 0 Å². The van der Waals surface area contributed by atoms with Gasteiger partial charge in [0.2, 0.25) is 0 Å². The number of rotatable bonds is 5. The van der Waals surface area contributed by atoms with E-state index < -0.39 is 17.5 Å². The van der Waals surface area contributed by atoms with Crippen LogP contribution in [0.5, 0.6) is 0 Å². The Labute approximate surface area is 169 Å². The third kappa shape index (κ3) is 3.25. The van der Waals surface area contributed by atoms with Crippen LogP contribution in [0.2, 0.25) is 0 Å². The fourth-order valence-corrected chi connectivity index (χ4v) is 4.39. The average molecular weight is 396 g/mol. The summed E-state index contributed by atoms with van der Waals surface area (Å²) in [4.78, 5) is 29.9. The Morgan fingerprint density at radius 2 is 2.03 bits per heavy atom. The van der Waals surface area contributed by atoms with Gasteiger partial charge >= 0.3 is 5.97 Å². The van der Waals surface area contributed by atoms with Crippen LogP contribution >= 0.6 is 0 Å². The van der Waals surface area contributed by atoms with Crippen molar-refractivity contribution in [3.8, 4) is 0 Å². The van der Waals surface area contributed by atoms with Crippen molar-refractivity contribution in [1.82, 2.24) is 4.90 Å². The first-order valence-electron chi connectivity index (χ1n) is 9.70. The van der Waals surface area contributed by atoms with Crippen molar-refractivity contribution in [3.05, 3.63) is 60.2 Å². The number of benzene rings is 1. The lowest BCUT2D eigenvalue weighted by Crippen LogP contribution is -2.47.